The van der Waals surface area contributed by atoms with Gasteiger partial charge in [-0.05, 0) is 30.7 Å². The maximum atomic E-state index is 12.9. The van der Waals surface area contributed by atoms with Crippen molar-refractivity contribution in [3.05, 3.63) is 65.2 Å². The average Bonchev–Trinajstić information content (AvgIpc) is 3.16. The van der Waals surface area contributed by atoms with Gasteiger partial charge in [-0.15, -0.1) is 5.10 Å². The van der Waals surface area contributed by atoms with Gasteiger partial charge >= 0.3 is 12.2 Å². The lowest BCUT2D eigenvalue weighted by atomic mass is 10.1. The van der Waals surface area contributed by atoms with E-state index in [0.717, 1.165) is 23.4 Å². The summed E-state index contributed by atoms with van der Waals surface area (Å²) in [4.78, 5) is 5.44. The lowest BCUT2D eigenvalue weighted by Crippen LogP contribution is -2.07. The van der Waals surface area contributed by atoms with E-state index < -0.39 is 11.7 Å². The molecule has 0 unspecified atom stereocenters. The second-order valence-corrected chi connectivity index (χ2v) is 6.25. The van der Waals surface area contributed by atoms with Crippen molar-refractivity contribution in [2.75, 3.05) is 19.5 Å². The summed E-state index contributed by atoms with van der Waals surface area (Å²) >= 11 is 0. The number of oxime groups is 1. The average molecular weight is 419 g/mol. The van der Waals surface area contributed by atoms with Gasteiger partial charge in [0.25, 0.3) is 0 Å². The molecule has 0 aliphatic rings. The molecule has 0 saturated carbocycles. The van der Waals surface area contributed by atoms with E-state index in [1.807, 2.05) is 24.3 Å². The first kappa shape index (κ1) is 21.2. The van der Waals surface area contributed by atoms with Crippen molar-refractivity contribution in [3.8, 4) is 11.7 Å². The molecule has 1 heterocycles. The number of halogens is 3. The third kappa shape index (κ3) is 4.53. The molecule has 0 fully saturated rings. The lowest BCUT2D eigenvalue weighted by Gasteiger charge is -2.13. The largest absolute Gasteiger partial charge is 0.467 e. The zero-order valence-corrected chi connectivity index (χ0v) is 16.6. The standard InChI is InChI=1S/C20H20F3N5O2/c1-13(14-8-6-9-16(11-14)20(21,22)23)27-30-12-15-7-4-5-10-17(15)28-18(24-2)25-26-19(28)29-3/h4-11H,12H2,1-3H3,(H,24,25)/b27-13+. The number of methoxy groups -OCH3 is 1. The molecule has 158 valence electrons. The number of alkyl halides is 3. The second-order valence-electron chi connectivity index (χ2n) is 6.25. The Morgan fingerprint density at radius 1 is 1.13 bits per heavy atom. The molecule has 3 aromatic rings. The van der Waals surface area contributed by atoms with Crippen LogP contribution in [0.25, 0.3) is 5.69 Å². The van der Waals surface area contributed by atoms with Gasteiger partial charge in [-0.2, -0.15) is 13.2 Å². The molecule has 10 heteroatoms. The molecule has 0 aliphatic carbocycles. The Labute approximate surface area is 171 Å². The summed E-state index contributed by atoms with van der Waals surface area (Å²) in [5.74, 6) is 0.475. The van der Waals surface area contributed by atoms with E-state index in [9.17, 15) is 13.2 Å². The summed E-state index contributed by atoms with van der Waals surface area (Å²) in [7, 11) is 3.20. The summed E-state index contributed by atoms with van der Waals surface area (Å²) in [6, 6.07) is 12.6. The van der Waals surface area contributed by atoms with Crippen molar-refractivity contribution in [2.45, 2.75) is 19.7 Å². The minimum atomic E-state index is -4.42. The number of nitrogens with one attached hydrogen (secondary N) is 1. The summed E-state index contributed by atoms with van der Waals surface area (Å²) in [6.07, 6.45) is -4.42. The van der Waals surface area contributed by atoms with Gasteiger partial charge in [0.15, 0.2) is 0 Å². The van der Waals surface area contributed by atoms with Crippen LogP contribution < -0.4 is 10.1 Å². The molecular formula is C20H20F3N5O2. The number of anilines is 1. The van der Waals surface area contributed by atoms with E-state index in [1.54, 1.807) is 24.6 Å². The summed E-state index contributed by atoms with van der Waals surface area (Å²) in [5, 5.41) is 14.9. The van der Waals surface area contributed by atoms with Crippen LogP contribution in [-0.2, 0) is 17.6 Å². The van der Waals surface area contributed by atoms with Gasteiger partial charge in [-0.25, -0.2) is 4.57 Å². The first-order valence-corrected chi connectivity index (χ1v) is 8.94. The van der Waals surface area contributed by atoms with E-state index in [2.05, 4.69) is 20.7 Å². The number of benzene rings is 2. The van der Waals surface area contributed by atoms with Crippen LogP contribution in [0.2, 0.25) is 0 Å². The third-order valence-electron chi connectivity index (χ3n) is 4.30. The molecule has 0 aliphatic heterocycles. The molecule has 7 nitrogen and oxygen atoms in total. The normalized spacial score (nSPS) is 12.0. The number of rotatable bonds is 7. The first-order chi connectivity index (χ1) is 14.3. The predicted molar refractivity (Wildman–Crippen MR) is 106 cm³/mol. The second kappa shape index (κ2) is 8.85. The highest BCUT2D eigenvalue weighted by atomic mass is 19.4. The first-order valence-electron chi connectivity index (χ1n) is 8.94. The molecule has 0 atom stereocenters. The van der Waals surface area contributed by atoms with E-state index in [4.69, 9.17) is 9.57 Å². The van der Waals surface area contributed by atoms with Gasteiger partial charge in [0, 0.05) is 12.6 Å². The molecule has 3 rings (SSSR count). The van der Waals surface area contributed by atoms with Crippen molar-refractivity contribution < 1.29 is 22.7 Å². The number of nitrogens with zero attached hydrogens (tertiary/aromatic N) is 4. The van der Waals surface area contributed by atoms with Crippen LogP contribution in [0.15, 0.2) is 53.7 Å². The maximum absolute atomic E-state index is 12.9. The van der Waals surface area contributed by atoms with E-state index in [1.165, 1.54) is 13.2 Å². The van der Waals surface area contributed by atoms with Crippen molar-refractivity contribution >= 4 is 11.7 Å². The molecule has 0 amide bonds. The minimum Gasteiger partial charge on any atom is -0.467 e. The Morgan fingerprint density at radius 3 is 2.60 bits per heavy atom. The van der Waals surface area contributed by atoms with Crippen molar-refractivity contribution in [2.24, 2.45) is 5.16 Å². The van der Waals surface area contributed by atoms with Crippen molar-refractivity contribution in [1.82, 2.24) is 14.8 Å². The van der Waals surface area contributed by atoms with Crippen LogP contribution in [0, 0.1) is 0 Å². The maximum Gasteiger partial charge on any atom is 0.416 e. The number of hydrogen-bond donors (Lipinski definition) is 1. The minimum absolute atomic E-state index is 0.0803. The number of para-hydroxylation sites is 1. The van der Waals surface area contributed by atoms with E-state index in [-0.39, 0.29) is 12.6 Å². The third-order valence-corrected chi connectivity index (χ3v) is 4.30. The molecule has 0 spiro atoms. The lowest BCUT2D eigenvalue weighted by molar-refractivity contribution is -0.137. The Bertz CT molecular complexity index is 1030. The molecule has 30 heavy (non-hydrogen) atoms. The van der Waals surface area contributed by atoms with Gasteiger partial charge in [-0.3, -0.25) is 0 Å². The van der Waals surface area contributed by atoms with Gasteiger partial charge in [0.2, 0.25) is 5.95 Å². The van der Waals surface area contributed by atoms with Crippen LogP contribution in [0.4, 0.5) is 19.1 Å². The molecule has 0 radical (unpaired) electrons. The Hall–Kier alpha value is -3.56. The Kier molecular flexibility index (Phi) is 6.24. The van der Waals surface area contributed by atoms with E-state index >= 15 is 0 Å². The molecule has 1 aromatic heterocycles. The summed E-state index contributed by atoms with van der Waals surface area (Å²) < 4.78 is 45.7. The smallest absolute Gasteiger partial charge is 0.416 e. The predicted octanol–water partition coefficient (Wildman–Crippen LogP) is 4.28. The van der Waals surface area contributed by atoms with Gasteiger partial charge in [0.05, 0.1) is 24.1 Å². The highest BCUT2D eigenvalue weighted by Gasteiger charge is 2.30. The van der Waals surface area contributed by atoms with Crippen molar-refractivity contribution in [3.63, 3.8) is 0 Å². The van der Waals surface area contributed by atoms with E-state index in [0.29, 0.717) is 17.2 Å². The van der Waals surface area contributed by atoms with Crippen LogP contribution >= 0.6 is 0 Å². The van der Waals surface area contributed by atoms with Gasteiger partial charge in [0.1, 0.15) is 6.61 Å². The van der Waals surface area contributed by atoms with Crippen LogP contribution in [0.3, 0.4) is 0 Å². The van der Waals surface area contributed by atoms with Crippen molar-refractivity contribution in [1.29, 1.82) is 0 Å². The topological polar surface area (TPSA) is 73.6 Å². The number of ether oxygens (including phenoxy) is 1. The van der Waals surface area contributed by atoms with Gasteiger partial charge in [-0.1, -0.05) is 40.6 Å². The zero-order chi connectivity index (χ0) is 21.7. The van der Waals surface area contributed by atoms with Crippen LogP contribution in [-0.4, -0.2) is 34.6 Å². The SMILES string of the molecule is CNc1nnc(OC)n1-c1ccccc1CO/N=C(\C)c1cccc(C(F)(F)F)c1. The summed E-state index contributed by atoms with van der Waals surface area (Å²) in [6.45, 7) is 1.67. The summed E-state index contributed by atoms with van der Waals surface area (Å²) in [5.41, 5.74) is 1.40. The molecule has 0 saturated heterocycles. The Morgan fingerprint density at radius 2 is 1.90 bits per heavy atom. The van der Waals surface area contributed by atoms with Crippen LogP contribution in [0.5, 0.6) is 6.01 Å². The molecule has 0 bridgehead atoms. The Balaban J connectivity index is 1.82. The van der Waals surface area contributed by atoms with Crippen LogP contribution in [0.1, 0.15) is 23.6 Å². The highest BCUT2D eigenvalue weighted by Crippen LogP contribution is 2.30. The molecule has 2 aromatic carbocycles. The fourth-order valence-electron chi connectivity index (χ4n) is 2.80. The quantitative estimate of drug-likeness (QED) is 0.457. The highest BCUT2D eigenvalue weighted by molar-refractivity contribution is 5.98. The molecular weight excluding hydrogens is 399 g/mol. The molecule has 1 N–H and O–H groups in total. The van der Waals surface area contributed by atoms with Gasteiger partial charge < -0.3 is 14.9 Å². The number of hydrogen-bond acceptors (Lipinski definition) is 6. The number of aromatic nitrogens is 3. The zero-order valence-electron chi connectivity index (χ0n) is 16.6. The monoisotopic (exact) mass is 419 g/mol. The fourth-order valence-corrected chi connectivity index (χ4v) is 2.80. The fraction of sp³-hybridized carbons (Fsp3) is 0.250.